The lowest BCUT2D eigenvalue weighted by molar-refractivity contribution is 0.191. The number of nitrogens with one attached hydrogen (secondary N) is 1. The minimum Gasteiger partial charge on any atom is -0.316 e. The molecule has 1 aromatic rings. The first kappa shape index (κ1) is 7.51. The molecule has 3 atom stereocenters. The first-order valence-corrected chi connectivity index (χ1v) is 5.06. The Balaban J connectivity index is 1.81. The predicted octanol–water partition coefficient (Wildman–Crippen LogP) is 1.40. The fourth-order valence-electron chi connectivity index (χ4n) is 2.78. The van der Waals surface area contributed by atoms with E-state index in [1.165, 1.54) is 25.1 Å². The second-order valence-corrected chi connectivity index (χ2v) is 4.20. The summed E-state index contributed by atoms with van der Waals surface area (Å²) in [6, 6.07) is 4.33. The van der Waals surface area contributed by atoms with Crippen LogP contribution in [0.15, 0.2) is 24.5 Å². The number of nitrogens with zero attached hydrogens (tertiary/aromatic N) is 1. The van der Waals surface area contributed by atoms with E-state index in [0.717, 1.165) is 17.8 Å². The van der Waals surface area contributed by atoms with Gasteiger partial charge in [-0.3, -0.25) is 4.98 Å². The molecule has 1 N–H and O–H groups in total. The fraction of sp³-hybridized carbons (Fsp3) is 0.545. The van der Waals surface area contributed by atoms with Gasteiger partial charge in [0.05, 0.1) is 0 Å². The minimum atomic E-state index is 0.808. The molecule has 2 fully saturated rings. The summed E-state index contributed by atoms with van der Waals surface area (Å²) < 4.78 is 0. The minimum absolute atomic E-state index is 0.808. The third-order valence-electron chi connectivity index (χ3n) is 3.60. The lowest BCUT2D eigenvalue weighted by Crippen LogP contribution is -2.33. The third-order valence-corrected chi connectivity index (χ3v) is 3.60. The Morgan fingerprint density at radius 2 is 2.08 bits per heavy atom. The van der Waals surface area contributed by atoms with Crippen molar-refractivity contribution in [3.63, 3.8) is 0 Å². The van der Waals surface area contributed by atoms with E-state index in [4.69, 9.17) is 0 Å². The van der Waals surface area contributed by atoms with E-state index in [9.17, 15) is 0 Å². The molecule has 0 aromatic carbocycles. The molecule has 1 aliphatic heterocycles. The molecule has 1 saturated carbocycles. The van der Waals surface area contributed by atoms with Gasteiger partial charge in [-0.2, -0.15) is 0 Å². The highest BCUT2D eigenvalue weighted by Crippen LogP contribution is 2.48. The van der Waals surface area contributed by atoms with Gasteiger partial charge in [-0.05, 0) is 55.0 Å². The SMILES string of the molecule is c1cc(C2CC3CNCC32)ccn1. The van der Waals surface area contributed by atoms with Crippen LogP contribution in [0.5, 0.6) is 0 Å². The van der Waals surface area contributed by atoms with Crippen molar-refractivity contribution in [2.24, 2.45) is 11.8 Å². The van der Waals surface area contributed by atoms with Gasteiger partial charge in [0.15, 0.2) is 0 Å². The highest BCUT2D eigenvalue weighted by atomic mass is 14.9. The van der Waals surface area contributed by atoms with E-state index >= 15 is 0 Å². The average Bonchev–Trinajstić information content (AvgIpc) is 2.50. The third kappa shape index (κ3) is 1.09. The van der Waals surface area contributed by atoms with Crippen LogP contribution in [0.2, 0.25) is 0 Å². The van der Waals surface area contributed by atoms with Crippen LogP contribution in [0, 0.1) is 11.8 Å². The molecule has 3 rings (SSSR count). The fourth-order valence-corrected chi connectivity index (χ4v) is 2.78. The summed E-state index contributed by atoms with van der Waals surface area (Å²) in [5, 5.41) is 3.47. The van der Waals surface area contributed by atoms with Gasteiger partial charge in [-0.1, -0.05) is 0 Å². The molecule has 1 saturated heterocycles. The standard InChI is InChI=1S/C11H14N2/c1-3-12-4-2-8(1)10-5-9-6-13-7-11(9)10/h1-4,9-11,13H,5-7H2. The topological polar surface area (TPSA) is 24.9 Å². The Morgan fingerprint density at radius 1 is 1.23 bits per heavy atom. The summed E-state index contributed by atoms with van der Waals surface area (Å²) in [5.41, 5.74) is 1.49. The Morgan fingerprint density at radius 3 is 2.85 bits per heavy atom. The molecule has 0 bridgehead atoms. The van der Waals surface area contributed by atoms with Crippen molar-refractivity contribution in [2.75, 3.05) is 13.1 Å². The summed E-state index contributed by atoms with van der Waals surface area (Å²) >= 11 is 0. The Labute approximate surface area is 78.4 Å². The van der Waals surface area contributed by atoms with E-state index in [1.807, 2.05) is 12.4 Å². The molecule has 68 valence electrons. The van der Waals surface area contributed by atoms with Gasteiger partial charge in [0.1, 0.15) is 0 Å². The largest absolute Gasteiger partial charge is 0.316 e. The molecule has 2 nitrogen and oxygen atoms in total. The number of hydrogen-bond donors (Lipinski definition) is 1. The zero-order valence-electron chi connectivity index (χ0n) is 7.61. The molecule has 2 aliphatic rings. The summed E-state index contributed by atoms with van der Waals surface area (Å²) in [4.78, 5) is 4.06. The number of rotatable bonds is 1. The first-order chi connectivity index (χ1) is 6.45. The van der Waals surface area contributed by atoms with E-state index < -0.39 is 0 Å². The van der Waals surface area contributed by atoms with E-state index in [-0.39, 0.29) is 0 Å². The maximum Gasteiger partial charge on any atom is 0.0270 e. The normalized spacial score (nSPS) is 36.8. The molecule has 0 spiro atoms. The quantitative estimate of drug-likeness (QED) is 0.696. The van der Waals surface area contributed by atoms with Crippen LogP contribution in [0.1, 0.15) is 17.9 Å². The molecule has 1 aliphatic carbocycles. The second-order valence-electron chi connectivity index (χ2n) is 4.20. The Kier molecular flexibility index (Phi) is 1.62. The van der Waals surface area contributed by atoms with E-state index in [0.29, 0.717) is 0 Å². The van der Waals surface area contributed by atoms with Gasteiger partial charge in [-0.15, -0.1) is 0 Å². The number of hydrogen-bond acceptors (Lipinski definition) is 2. The summed E-state index contributed by atoms with van der Waals surface area (Å²) in [6.45, 7) is 2.46. The zero-order chi connectivity index (χ0) is 8.67. The summed E-state index contributed by atoms with van der Waals surface area (Å²) in [6.07, 6.45) is 5.19. The number of aromatic nitrogens is 1. The number of pyridine rings is 1. The van der Waals surface area contributed by atoms with E-state index in [1.54, 1.807) is 0 Å². The maximum atomic E-state index is 4.06. The van der Waals surface area contributed by atoms with Crippen LogP contribution in [0.4, 0.5) is 0 Å². The van der Waals surface area contributed by atoms with Crippen LogP contribution in [0.25, 0.3) is 0 Å². The van der Waals surface area contributed by atoms with Crippen LogP contribution < -0.4 is 5.32 Å². The summed E-state index contributed by atoms with van der Waals surface area (Å²) in [5.74, 6) is 2.67. The van der Waals surface area contributed by atoms with Gasteiger partial charge in [0.25, 0.3) is 0 Å². The van der Waals surface area contributed by atoms with Crippen molar-refractivity contribution in [1.82, 2.24) is 10.3 Å². The Hall–Kier alpha value is -0.890. The van der Waals surface area contributed by atoms with Gasteiger partial charge in [0.2, 0.25) is 0 Å². The van der Waals surface area contributed by atoms with Crippen molar-refractivity contribution >= 4 is 0 Å². The highest BCUT2D eigenvalue weighted by Gasteiger charge is 2.44. The van der Waals surface area contributed by atoms with Gasteiger partial charge < -0.3 is 5.32 Å². The molecule has 0 amide bonds. The lowest BCUT2D eigenvalue weighted by atomic mass is 9.64. The first-order valence-electron chi connectivity index (χ1n) is 5.06. The lowest BCUT2D eigenvalue weighted by Gasteiger charge is -2.40. The number of fused-ring (bicyclic) bond motifs is 1. The van der Waals surface area contributed by atoms with E-state index in [2.05, 4.69) is 22.4 Å². The van der Waals surface area contributed by atoms with Crippen LogP contribution in [-0.2, 0) is 0 Å². The molecule has 2 heteroatoms. The Bertz CT molecular complexity index is 296. The average molecular weight is 174 g/mol. The summed E-state index contributed by atoms with van der Waals surface area (Å²) in [7, 11) is 0. The van der Waals surface area contributed by atoms with Crippen LogP contribution in [-0.4, -0.2) is 18.1 Å². The van der Waals surface area contributed by atoms with Crippen molar-refractivity contribution in [1.29, 1.82) is 0 Å². The molecular weight excluding hydrogens is 160 g/mol. The second kappa shape index (κ2) is 2.81. The molecule has 0 radical (unpaired) electrons. The van der Waals surface area contributed by atoms with Crippen molar-refractivity contribution in [3.05, 3.63) is 30.1 Å². The zero-order valence-corrected chi connectivity index (χ0v) is 7.61. The maximum absolute atomic E-state index is 4.06. The van der Waals surface area contributed by atoms with Gasteiger partial charge in [-0.25, -0.2) is 0 Å². The van der Waals surface area contributed by atoms with Crippen LogP contribution in [0.3, 0.4) is 0 Å². The van der Waals surface area contributed by atoms with Crippen LogP contribution >= 0.6 is 0 Å². The molecule has 2 heterocycles. The van der Waals surface area contributed by atoms with Gasteiger partial charge >= 0.3 is 0 Å². The predicted molar refractivity (Wildman–Crippen MR) is 51.4 cm³/mol. The highest BCUT2D eigenvalue weighted by molar-refractivity contribution is 5.22. The van der Waals surface area contributed by atoms with Crippen molar-refractivity contribution in [3.8, 4) is 0 Å². The van der Waals surface area contributed by atoms with Crippen molar-refractivity contribution < 1.29 is 0 Å². The molecule has 3 unspecified atom stereocenters. The van der Waals surface area contributed by atoms with Gasteiger partial charge in [0, 0.05) is 12.4 Å². The molecular formula is C11H14N2. The molecule has 13 heavy (non-hydrogen) atoms. The smallest absolute Gasteiger partial charge is 0.0270 e. The molecule has 1 aromatic heterocycles. The monoisotopic (exact) mass is 174 g/mol. The van der Waals surface area contributed by atoms with Crippen molar-refractivity contribution in [2.45, 2.75) is 12.3 Å².